The molecule has 0 bridgehead atoms. The third-order valence-corrected chi connectivity index (χ3v) is 4.70. The first kappa shape index (κ1) is 16.4. The summed E-state index contributed by atoms with van der Waals surface area (Å²) in [5, 5.41) is 0. The van der Waals surface area contributed by atoms with E-state index in [0.29, 0.717) is 11.4 Å². The fourth-order valence-electron chi connectivity index (χ4n) is 3.20. The average Bonchev–Trinajstić information content (AvgIpc) is 2.60. The van der Waals surface area contributed by atoms with E-state index in [2.05, 4.69) is 47.1 Å². The molecule has 2 aromatic rings. The maximum Gasteiger partial charge on any atom is 0.0605 e. The van der Waals surface area contributed by atoms with Crippen LogP contribution in [0.3, 0.4) is 0 Å². The van der Waals surface area contributed by atoms with Gasteiger partial charge in [-0.15, -0.1) is 0 Å². The molecule has 1 saturated heterocycles. The summed E-state index contributed by atoms with van der Waals surface area (Å²) >= 11 is 0. The summed E-state index contributed by atoms with van der Waals surface area (Å²) in [4.78, 5) is 2.44. The Morgan fingerprint density at radius 1 is 0.958 bits per heavy atom. The van der Waals surface area contributed by atoms with Gasteiger partial charge in [0.25, 0.3) is 0 Å². The van der Waals surface area contributed by atoms with E-state index in [-0.39, 0.29) is 0 Å². The number of anilines is 2. The molecule has 3 rings (SSSR count). The number of piperidine rings is 1. The third-order valence-electron chi connectivity index (χ3n) is 4.70. The van der Waals surface area contributed by atoms with Crippen LogP contribution in [0.5, 0.6) is 0 Å². The zero-order chi connectivity index (χ0) is 16.8. The smallest absolute Gasteiger partial charge is 0.0605 e. The molecule has 0 radical (unpaired) electrons. The van der Waals surface area contributed by atoms with Crippen LogP contribution in [-0.2, 0) is 6.42 Å². The molecule has 0 spiro atoms. The van der Waals surface area contributed by atoms with E-state index >= 15 is 0 Å². The molecule has 0 unspecified atom stereocenters. The number of rotatable bonds is 3. The molecule has 2 aromatic carbocycles. The molecule has 0 aliphatic carbocycles. The lowest BCUT2D eigenvalue weighted by Crippen LogP contribution is -2.34. The number of nitrogens with zero attached hydrogens (tertiary/aromatic N) is 1. The van der Waals surface area contributed by atoms with E-state index in [4.69, 9.17) is 11.5 Å². The molecule has 0 atom stereocenters. The fourth-order valence-corrected chi connectivity index (χ4v) is 3.20. The Morgan fingerprint density at radius 3 is 2.42 bits per heavy atom. The summed E-state index contributed by atoms with van der Waals surface area (Å²) < 4.78 is 0. The quantitative estimate of drug-likeness (QED) is 0.675. The van der Waals surface area contributed by atoms with E-state index < -0.39 is 0 Å². The molecule has 3 nitrogen and oxygen atoms in total. The summed E-state index contributed by atoms with van der Waals surface area (Å²) in [6, 6.07) is 16.4. The Balaban J connectivity index is 1.46. The van der Waals surface area contributed by atoms with Crippen molar-refractivity contribution in [1.29, 1.82) is 0 Å². The Morgan fingerprint density at radius 2 is 1.71 bits per heavy atom. The minimum absolute atomic E-state index is 0.600. The van der Waals surface area contributed by atoms with Crippen molar-refractivity contribution >= 4 is 11.4 Å². The van der Waals surface area contributed by atoms with Crippen LogP contribution in [0.4, 0.5) is 11.4 Å². The highest BCUT2D eigenvalue weighted by molar-refractivity contribution is 5.65. The van der Waals surface area contributed by atoms with Gasteiger partial charge in [-0.25, -0.2) is 0 Å². The van der Waals surface area contributed by atoms with Crippen LogP contribution < -0.4 is 11.5 Å². The summed E-state index contributed by atoms with van der Waals surface area (Å²) in [6.07, 6.45) is 3.71. The van der Waals surface area contributed by atoms with Crippen LogP contribution in [0.25, 0.3) is 0 Å². The monoisotopic (exact) mass is 319 g/mol. The normalized spacial score (nSPS) is 15.7. The van der Waals surface area contributed by atoms with Crippen molar-refractivity contribution < 1.29 is 0 Å². The fraction of sp³-hybridized carbons (Fsp3) is 0.333. The summed E-state index contributed by atoms with van der Waals surface area (Å²) in [5.74, 6) is 7.25. The Labute approximate surface area is 144 Å². The number of hydrogen-bond donors (Lipinski definition) is 2. The van der Waals surface area contributed by atoms with Gasteiger partial charge in [-0.05, 0) is 62.0 Å². The van der Waals surface area contributed by atoms with Crippen LogP contribution in [0.1, 0.15) is 24.0 Å². The van der Waals surface area contributed by atoms with Crippen molar-refractivity contribution in [2.75, 3.05) is 31.1 Å². The van der Waals surface area contributed by atoms with Crippen LogP contribution >= 0.6 is 0 Å². The maximum absolute atomic E-state index is 5.81. The van der Waals surface area contributed by atoms with Gasteiger partial charge in [-0.3, -0.25) is 4.90 Å². The molecule has 0 aromatic heterocycles. The largest absolute Gasteiger partial charge is 0.397 e. The summed E-state index contributed by atoms with van der Waals surface area (Å²) in [5.41, 5.74) is 15.1. The highest BCUT2D eigenvalue weighted by atomic mass is 15.1. The molecular weight excluding hydrogens is 294 g/mol. The molecule has 0 amide bonds. The number of hydrogen-bond acceptors (Lipinski definition) is 3. The third kappa shape index (κ3) is 4.53. The highest BCUT2D eigenvalue weighted by Gasteiger charge is 2.18. The zero-order valence-electron chi connectivity index (χ0n) is 14.0. The first-order valence-corrected chi connectivity index (χ1v) is 8.61. The summed E-state index contributed by atoms with van der Waals surface area (Å²) in [6.45, 7) is 3.09. The second-order valence-corrected chi connectivity index (χ2v) is 6.55. The van der Waals surface area contributed by atoms with E-state index in [9.17, 15) is 0 Å². The molecule has 1 heterocycles. The van der Waals surface area contributed by atoms with Gasteiger partial charge < -0.3 is 11.5 Å². The SMILES string of the molecule is Nc1ccc(C#CCN2CCC(Cc3ccccc3)CC2)cc1N. The Bertz CT molecular complexity index is 720. The van der Waals surface area contributed by atoms with E-state index in [1.165, 1.54) is 24.8 Å². The molecule has 124 valence electrons. The molecule has 1 aliphatic heterocycles. The lowest BCUT2D eigenvalue weighted by atomic mass is 9.90. The second kappa shape index (κ2) is 7.90. The standard InChI is InChI=1S/C21H25N3/c22-20-9-8-18(16-21(20)23)7-4-12-24-13-10-19(11-14-24)15-17-5-2-1-3-6-17/h1-3,5-6,8-9,16,19H,10-15,22-23H2. The van der Waals surface area contributed by atoms with Crippen molar-refractivity contribution in [2.24, 2.45) is 5.92 Å². The van der Waals surface area contributed by atoms with E-state index in [1.807, 2.05) is 18.2 Å². The molecule has 24 heavy (non-hydrogen) atoms. The number of benzene rings is 2. The van der Waals surface area contributed by atoms with Gasteiger partial charge in [0.15, 0.2) is 0 Å². The van der Waals surface area contributed by atoms with E-state index in [0.717, 1.165) is 31.1 Å². The van der Waals surface area contributed by atoms with Gasteiger partial charge in [0, 0.05) is 5.56 Å². The van der Waals surface area contributed by atoms with Crippen molar-refractivity contribution in [2.45, 2.75) is 19.3 Å². The Kier molecular flexibility index (Phi) is 5.40. The van der Waals surface area contributed by atoms with Crippen molar-refractivity contribution in [3.8, 4) is 11.8 Å². The number of nitrogen functional groups attached to an aromatic ring is 2. The number of nitrogens with two attached hydrogens (primary N) is 2. The first-order valence-electron chi connectivity index (χ1n) is 8.61. The zero-order valence-corrected chi connectivity index (χ0v) is 14.0. The topological polar surface area (TPSA) is 55.3 Å². The van der Waals surface area contributed by atoms with E-state index in [1.54, 1.807) is 0 Å². The van der Waals surface area contributed by atoms with Gasteiger partial charge in [0.2, 0.25) is 0 Å². The molecule has 1 fully saturated rings. The van der Waals surface area contributed by atoms with Crippen molar-refractivity contribution in [3.05, 3.63) is 59.7 Å². The highest BCUT2D eigenvalue weighted by Crippen LogP contribution is 2.21. The predicted octanol–water partition coefficient (Wildman–Crippen LogP) is 3.16. The molecule has 3 heteroatoms. The van der Waals surface area contributed by atoms with Gasteiger partial charge >= 0.3 is 0 Å². The molecule has 4 N–H and O–H groups in total. The molecular formula is C21H25N3. The summed E-state index contributed by atoms with van der Waals surface area (Å²) in [7, 11) is 0. The van der Waals surface area contributed by atoms with Gasteiger partial charge in [0.1, 0.15) is 0 Å². The lowest BCUT2D eigenvalue weighted by Gasteiger charge is -2.30. The Hall–Kier alpha value is -2.44. The van der Waals surface area contributed by atoms with Crippen molar-refractivity contribution in [1.82, 2.24) is 4.90 Å². The van der Waals surface area contributed by atoms with Crippen LogP contribution in [-0.4, -0.2) is 24.5 Å². The van der Waals surface area contributed by atoms with Gasteiger partial charge in [-0.1, -0.05) is 42.2 Å². The van der Waals surface area contributed by atoms with Crippen LogP contribution in [0, 0.1) is 17.8 Å². The average molecular weight is 319 g/mol. The molecule has 1 aliphatic rings. The van der Waals surface area contributed by atoms with Crippen molar-refractivity contribution in [3.63, 3.8) is 0 Å². The van der Waals surface area contributed by atoms with Crippen LogP contribution in [0.15, 0.2) is 48.5 Å². The minimum atomic E-state index is 0.600. The minimum Gasteiger partial charge on any atom is -0.397 e. The van der Waals surface area contributed by atoms with Gasteiger partial charge in [-0.2, -0.15) is 0 Å². The second-order valence-electron chi connectivity index (χ2n) is 6.55. The maximum atomic E-state index is 5.81. The van der Waals surface area contributed by atoms with Gasteiger partial charge in [0.05, 0.1) is 17.9 Å². The molecule has 0 saturated carbocycles. The number of likely N-dealkylation sites (tertiary alicyclic amines) is 1. The lowest BCUT2D eigenvalue weighted by molar-refractivity contribution is 0.203. The predicted molar refractivity (Wildman–Crippen MR) is 101 cm³/mol. The van der Waals surface area contributed by atoms with Crippen LogP contribution in [0.2, 0.25) is 0 Å². The first-order chi connectivity index (χ1) is 11.7.